The van der Waals surface area contributed by atoms with E-state index in [0.29, 0.717) is 44.2 Å². The van der Waals surface area contributed by atoms with Gasteiger partial charge in [0.1, 0.15) is 17.1 Å². The Morgan fingerprint density at radius 3 is 2.45 bits per heavy atom. The Bertz CT molecular complexity index is 2380. The zero-order valence-corrected chi connectivity index (χ0v) is 23.6. The van der Waals surface area contributed by atoms with E-state index in [0.717, 1.165) is 5.39 Å². The minimum atomic E-state index is -1.27. The minimum Gasteiger partial charge on any atom is -0.506 e. The van der Waals surface area contributed by atoms with Crippen molar-refractivity contribution in [1.82, 2.24) is 9.97 Å². The lowest BCUT2D eigenvalue weighted by Crippen LogP contribution is -2.14. The second-order valence-corrected chi connectivity index (χ2v) is 10.7. The Morgan fingerprint density at radius 2 is 1.66 bits per heavy atom. The molecule has 0 saturated heterocycles. The predicted octanol–water partition coefficient (Wildman–Crippen LogP) is 7.28. The fourth-order valence-electron chi connectivity index (χ4n) is 5.48. The number of anilines is 1. The lowest BCUT2D eigenvalue weighted by atomic mass is 9.89. The van der Waals surface area contributed by atoms with E-state index in [1.165, 1.54) is 36.4 Å². The molecule has 0 bridgehead atoms. The molecule has 3 N–H and O–H groups in total. The Balaban J connectivity index is 1.40. The van der Waals surface area contributed by atoms with Crippen molar-refractivity contribution in [1.29, 1.82) is 0 Å². The first-order chi connectivity index (χ1) is 21.2. The molecular weight excluding hydrogens is 582 g/mol. The van der Waals surface area contributed by atoms with E-state index >= 15 is 0 Å². The second-order valence-electron chi connectivity index (χ2n) is 10.3. The molecule has 0 spiro atoms. The standard InChI is InChI=1S/C34H20ClN3O6/c1-16-10-22-28(14-26(16)39)44-29-15-27(40)24(35)13-23(29)30(22)19-7-6-18(11-21(19)34(42)43)33(41)38-25-12-17-4-2-8-36-31(17)32-20(25)5-3-9-37-32/h2-15,40H,1H3,(H,38,41)(H,42,43). The number of aromatic carboxylic acids is 1. The monoisotopic (exact) mass is 601 g/mol. The number of aromatic nitrogens is 2. The molecule has 3 aromatic carbocycles. The maximum atomic E-state index is 13.6. The number of carbonyl (C=O) groups excluding carboxylic acids is 1. The third-order valence-electron chi connectivity index (χ3n) is 7.58. The van der Waals surface area contributed by atoms with E-state index in [-0.39, 0.29) is 44.2 Å². The molecule has 2 aromatic heterocycles. The van der Waals surface area contributed by atoms with Crippen LogP contribution in [0.3, 0.4) is 0 Å². The number of fused-ring (bicyclic) bond motifs is 5. The van der Waals surface area contributed by atoms with Crippen LogP contribution < -0.4 is 10.7 Å². The number of aromatic hydroxyl groups is 1. The number of nitrogens with one attached hydrogen (secondary N) is 1. The summed E-state index contributed by atoms with van der Waals surface area (Å²) in [5, 5.41) is 25.4. The summed E-state index contributed by atoms with van der Waals surface area (Å²) in [7, 11) is 0. The van der Waals surface area contributed by atoms with Gasteiger partial charge in [0, 0.05) is 57.4 Å². The number of amides is 1. The first kappa shape index (κ1) is 27.1. The number of rotatable bonds is 4. The number of benzene rings is 4. The van der Waals surface area contributed by atoms with Crippen LogP contribution in [0, 0.1) is 6.92 Å². The largest absolute Gasteiger partial charge is 0.506 e. The molecule has 10 heteroatoms. The Kier molecular flexibility index (Phi) is 6.26. The predicted molar refractivity (Wildman–Crippen MR) is 168 cm³/mol. The molecule has 1 amide bonds. The van der Waals surface area contributed by atoms with Crippen molar-refractivity contribution >= 4 is 61.9 Å². The number of carbonyl (C=O) groups is 2. The molecule has 0 fully saturated rings. The highest BCUT2D eigenvalue weighted by molar-refractivity contribution is 6.33. The smallest absolute Gasteiger partial charge is 0.336 e. The molecule has 0 saturated carbocycles. The van der Waals surface area contributed by atoms with Gasteiger partial charge in [0.05, 0.1) is 27.3 Å². The van der Waals surface area contributed by atoms with Gasteiger partial charge < -0.3 is 19.9 Å². The van der Waals surface area contributed by atoms with Crippen molar-refractivity contribution in [3.8, 4) is 28.2 Å². The molecule has 0 radical (unpaired) electrons. The first-order valence-corrected chi connectivity index (χ1v) is 13.8. The fourth-order valence-corrected chi connectivity index (χ4v) is 5.64. The van der Waals surface area contributed by atoms with Gasteiger partial charge in [-0.2, -0.15) is 0 Å². The van der Waals surface area contributed by atoms with Gasteiger partial charge in [0.2, 0.25) is 0 Å². The van der Waals surface area contributed by atoms with Gasteiger partial charge in [0.15, 0.2) is 5.43 Å². The zero-order chi connectivity index (χ0) is 30.7. The number of halogens is 1. The molecule has 7 rings (SSSR count). The number of phenolic OH excluding ortho intramolecular Hbond substituents is 1. The number of phenols is 1. The summed E-state index contributed by atoms with van der Waals surface area (Å²) < 4.78 is 5.93. The van der Waals surface area contributed by atoms with E-state index in [2.05, 4.69) is 15.3 Å². The molecule has 0 atom stereocenters. The second kappa shape index (κ2) is 10.2. The number of hydrogen-bond donors (Lipinski definition) is 3. The molecule has 9 nitrogen and oxygen atoms in total. The van der Waals surface area contributed by atoms with Gasteiger partial charge in [-0.05, 0) is 66.6 Å². The molecule has 2 aliphatic rings. The normalized spacial score (nSPS) is 11.4. The number of carboxylic acid groups (broad SMARTS) is 1. The van der Waals surface area contributed by atoms with Crippen LogP contribution in [-0.4, -0.2) is 32.1 Å². The molecule has 44 heavy (non-hydrogen) atoms. The van der Waals surface area contributed by atoms with E-state index < -0.39 is 11.9 Å². The lowest BCUT2D eigenvalue weighted by Gasteiger charge is -2.18. The van der Waals surface area contributed by atoms with Gasteiger partial charge in [-0.3, -0.25) is 19.6 Å². The summed E-state index contributed by atoms with van der Waals surface area (Å²) >= 11 is 6.26. The molecule has 0 unspecified atom stereocenters. The van der Waals surface area contributed by atoms with E-state index in [1.54, 1.807) is 43.6 Å². The highest BCUT2D eigenvalue weighted by atomic mass is 35.5. The topological polar surface area (TPSA) is 143 Å². The molecule has 5 aromatic rings. The summed E-state index contributed by atoms with van der Waals surface area (Å²) in [4.78, 5) is 47.6. The van der Waals surface area contributed by atoms with Crippen molar-refractivity contribution in [3.05, 3.63) is 117 Å². The minimum absolute atomic E-state index is 0.0330. The maximum absolute atomic E-state index is 13.6. The number of hydrogen-bond acceptors (Lipinski definition) is 7. The SMILES string of the molecule is Cc1cc2c(-c3ccc(C(=O)Nc4cc5cccnc5c5ncccc45)cc3C(=O)O)c3cc(Cl)c(O)cc3oc-2cc1=O. The quantitative estimate of drug-likeness (QED) is 0.141. The van der Waals surface area contributed by atoms with Crippen molar-refractivity contribution < 1.29 is 24.2 Å². The van der Waals surface area contributed by atoms with Crippen molar-refractivity contribution in [3.63, 3.8) is 0 Å². The third kappa shape index (κ3) is 4.38. The van der Waals surface area contributed by atoms with Crippen LogP contribution in [0.2, 0.25) is 5.02 Å². The van der Waals surface area contributed by atoms with Gasteiger partial charge in [-0.15, -0.1) is 0 Å². The summed E-state index contributed by atoms with van der Waals surface area (Å²) in [6, 6.07) is 19.1. The Labute approximate surface area is 253 Å². The van der Waals surface area contributed by atoms with E-state index in [9.17, 15) is 24.6 Å². The van der Waals surface area contributed by atoms with Crippen LogP contribution in [-0.2, 0) is 0 Å². The summed E-state index contributed by atoms with van der Waals surface area (Å²) in [6.07, 6.45) is 3.33. The molecule has 3 heterocycles. The van der Waals surface area contributed by atoms with Gasteiger partial charge in [0.25, 0.3) is 5.91 Å². The van der Waals surface area contributed by atoms with Crippen LogP contribution in [0.5, 0.6) is 5.75 Å². The van der Waals surface area contributed by atoms with Crippen molar-refractivity contribution in [2.24, 2.45) is 0 Å². The number of aryl methyl sites for hydroxylation is 1. The summed E-state index contributed by atoms with van der Waals surface area (Å²) in [5.41, 5.74) is 3.30. The van der Waals surface area contributed by atoms with Crippen LogP contribution in [0.25, 0.3) is 55.2 Å². The Hall–Kier alpha value is -5.80. The molecule has 1 aliphatic carbocycles. The highest BCUT2D eigenvalue weighted by Crippen LogP contribution is 2.44. The number of carboxylic acids is 1. The van der Waals surface area contributed by atoms with Crippen LogP contribution in [0.15, 0.2) is 94.4 Å². The Morgan fingerprint density at radius 1 is 0.886 bits per heavy atom. The third-order valence-corrected chi connectivity index (χ3v) is 7.88. The molecule has 1 aliphatic heterocycles. The zero-order valence-electron chi connectivity index (χ0n) is 22.9. The number of nitrogens with zero attached hydrogens (tertiary/aromatic N) is 2. The average molecular weight is 602 g/mol. The average Bonchev–Trinajstić information content (AvgIpc) is 3.01. The van der Waals surface area contributed by atoms with E-state index in [1.807, 2.05) is 12.1 Å². The maximum Gasteiger partial charge on any atom is 0.336 e. The number of pyridine rings is 2. The fraction of sp³-hybridized carbons (Fsp3) is 0.0294. The lowest BCUT2D eigenvalue weighted by molar-refractivity contribution is 0.0697. The highest BCUT2D eigenvalue weighted by Gasteiger charge is 2.25. The summed E-state index contributed by atoms with van der Waals surface area (Å²) in [5.74, 6) is -1.83. The van der Waals surface area contributed by atoms with Crippen molar-refractivity contribution in [2.75, 3.05) is 5.32 Å². The van der Waals surface area contributed by atoms with Crippen molar-refractivity contribution in [2.45, 2.75) is 6.92 Å². The van der Waals surface area contributed by atoms with Gasteiger partial charge >= 0.3 is 5.97 Å². The van der Waals surface area contributed by atoms with E-state index in [4.69, 9.17) is 16.0 Å². The van der Waals surface area contributed by atoms with Crippen LogP contribution in [0.1, 0.15) is 26.3 Å². The van der Waals surface area contributed by atoms with Crippen LogP contribution >= 0.6 is 11.6 Å². The van der Waals surface area contributed by atoms with Crippen LogP contribution in [0.4, 0.5) is 5.69 Å². The first-order valence-electron chi connectivity index (χ1n) is 13.4. The summed E-state index contributed by atoms with van der Waals surface area (Å²) in [6.45, 7) is 1.65. The van der Waals surface area contributed by atoms with Gasteiger partial charge in [-0.1, -0.05) is 23.7 Å². The van der Waals surface area contributed by atoms with Gasteiger partial charge in [-0.25, -0.2) is 4.79 Å². The molecule has 214 valence electrons. The molecular formula is C34H20ClN3O6.